The Labute approximate surface area is 463 Å². The molecule has 8 heteroatoms. The molecule has 4 nitrogen and oxygen atoms in total. The fraction of sp³-hybridized carbons (Fsp3) is 0.235. The number of rotatable bonds is 0. The van der Waals surface area contributed by atoms with Crippen molar-refractivity contribution in [1.82, 2.24) is 0 Å². The first-order chi connectivity index (χ1) is 36.0. The van der Waals surface area contributed by atoms with Crippen LogP contribution in [0.3, 0.4) is 0 Å². The van der Waals surface area contributed by atoms with Gasteiger partial charge in [0.2, 0.25) is 0 Å². The molecule has 0 spiro atoms. The van der Waals surface area contributed by atoms with Gasteiger partial charge in [-0.05, 0) is 108 Å². The predicted molar refractivity (Wildman–Crippen MR) is 337 cm³/mol. The molecule has 12 aromatic rings. The van der Waals surface area contributed by atoms with Gasteiger partial charge in [0, 0.05) is 59.1 Å². The van der Waals surface area contributed by atoms with Gasteiger partial charge in [0.1, 0.15) is 0 Å². The summed E-state index contributed by atoms with van der Waals surface area (Å²) in [7, 11) is 0. The van der Waals surface area contributed by atoms with Gasteiger partial charge in [-0.1, -0.05) is 186 Å². The number of benzene rings is 8. The zero-order valence-corrected chi connectivity index (χ0v) is 48.5. The van der Waals surface area contributed by atoms with Crippen molar-refractivity contribution in [3.8, 4) is 0 Å². The third-order valence-corrected chi connectivity index (χ3v) is 18.4. The highest BCUT2D eigenvalue weighted by molar-refractivity contribution is 7.27. The van der Waals surface area contributed by atoms with Crippen LogP contribution in [0.25, 0.3) is 100 Å². The monoisotopic (exact) mass is 1060 g/mol. The number of nitrogens with zero attached hydrogens (tertiary/aromatic N) is 4. The summed E-state index contributed by atoms with van der Waals surface area (Å²) in [5.74, 6) is 0. The minimum Gasteiger partial charge on any atom is -0.237 e. The lowest BCUT2D eigenvalue weighted by Crippen LogP contribution is -2.11. The lowest BCUT2D eigenvalue weighted by Gasteiger charge is -2.20. The first kappa shape index (κ1) is 53.4. The SMILES string of the molecule is [C-]#[N+]c1cccc2sc3c(C(C)(C)C)cccc3c12.[C-]#[N+]c1cccc2sc3cc(C(C)(C)C)ccc3c12.[C-]#[N+]c1cccc2sc3ccc(C(C)(C)C)cc3c12.[C-]#[N+]c1cccc2sc3cccc(C(C)(C)C)c3c12. The molecule has 376 valence electrons. The zero-order valence-electron chi connectivity index (χ0n) is 45.3. The average molecular weight is 1060 g/mol. The molecule has 0 aliphatic carbocycles. The Hall–Kier alpha value is -7.40. The molecule has 0 N–H and O–H groups in total. The summed E-state index contributed by atoms with van der Waals surface area (Å²) in [4.78, 5) is 14.7. The first-order valence-electron chi connectivity index (χ1n) is 25.4. The second-order valence-electron chi connectivity index (χ2n) is 23.2. The first-order valence-corrected chi connectivity index (χ1v) is 28.6. The molecule has 0 amide bonds. The minimum atomic E-state index is 0.0860. The van der Waals surface area contributed by atoms with E-state index in [1.54, 1.807) is 45.3 Å². The molecule has 8 aromatic carbocycles. The van der Waals surface area contributed by atoms with Gasteiger partial charge >= 0.3 is 0 Å². The lowest BCUT2D eigenvalue weighted by atomic mass is 9.84. The smallest absolute Gasteiger partial charge is 0.196 e. The van der Waals surface area contributed by atoms with E-state index in [1.165, 1.54) is 81.4 Å². The summed E-state index contributed by atoms with van der Waals surface area (Å²) < 4.78 is 9.96. The van der Waals surface area contributed by atoms with E-state index in [0.717, 1.165) is 44.3 Å². The van der Waals surface area contributed by atoms with E-state index in [9.17, 15) is 0 Å². The molecule has 0 aliphatic rings. The summed E-state index contributed by atoms with van der Waals surface area (Å²) >= 11 is 7.12. The summed E-state index contributed by atoms with van der Waals surface area (Å²) in [6, 6.07) is 50.1. The van der Waals surface area contributed by atoms with E-state index in [4.69, 9.17) is 26.3 Å². The Balaban J connectivity index is 0.000000124. The van der Waals surface area contributed by atoms with Crippen molar-refractivity contribution in [3.63, 3.8) is 0 Å². The Bertz CT molecular complexity index is 4340. The maximum atomic E-state index is 7.40. The number of thiophene rings is 4. The van der Waals surface area contributed by atoms with Crippen LogP contribution in [-0.4, -0.2) is 0 Å². The van der Waals surface area contributed by atoms with E-state index < -0.39 is 0 Å². The summed E-state index contributed by atoms with van der Waals surface area (Å²) in [6.45, 7) is 56.1. The van der Waals surface area contributed by atoms with E-state index in [2.05, 4.69) is 200 Å². The molecule has 0 saturated heterocycles. The average Bonchev–Trinajstić information content (AvgIpc) is 4.17. The quantitative estimate of drug-likeness (QED) is 0.135. The largest absolute Gasteiger partial charge is 0.237 e. The van der Waals surface area contributed by atoms with Crippen molar-refractivity contribution in [2.45, 2.75) is 105 Å². The van der Waals surface area contributed by atoms with Crippen molar-refractivity contribution in [2.75, 3.05) is 0 Å². The molecule has 12 rings (SSSR count). The highest BCUT2D eigenvalue weighted by Crippen LogP contribution is 2.47. The molecule has 76 heavy (non-hydrogen) atoms. The standard InChI is InChI=1S/4C17H15NS/c1-17(2,3)11-7-5-9-13-15(11)16-12(18-4)8-6-10-14(16)19-13;1-17(2,3)12-8-5-7-11-15-13(18-4)9-6-10-14(15)19-16(11)12;1-17(2,3)11-8-9-14-12(10-11)16-13(18-4)6-5-7-15(16)19-14;1-17(2,3)11-8-9-12-15(10-11)19-14-7-5-6-13(18-4)16(12)14/h4*5-10H,1-3H3. The maximum Gasteiger partial charge on any atom is 0.196 e. The highest BCUT2D eigenvalue weighted by Gasteiger charge is 2.23. The molecule has 0 radical (unpaired) electrons. The lowest BCUT2D eigenvalue weighted by molar-refractivity contribution is 0.591. The third-order valence-electron chi connectivity index (χ3n) is 13.8. The van der Waals surface area contributed by atoms with E-state index in [1.807, 2.05) is 48.5 Å². The Kier molecular flexibility index (Phi) is 14.5. The molecule has 4 heterocycles. The van der Waals surface area contributed by atoms with Gasteiger partial charge in [-0.25, -0.2) is 19.4 Å². The third kappa shape index (κ3) is 10.3. The van der Waals surface area contributed by atoms with Crippen LogP contribution in [0.5, 0.6) is 0 Å². The molecule has 0 saturated carbocycles. The summed E-state index contributed by atoms with van der Waals surface area (Å²) in [5.41, 5.74) is 8.89. The Morgan fingerprint density at radius 3 is 1.18 bits per heavy atom. The normalized spacial score (nSPS) is 11.9. The van der Waals surface area contributed by atoms with Crippen molar-refractivity contribution in [3.05, 3.63) is 214 Å². The molecule has 0 unspecified atom stereocenters. The van der Waals surface area contributed by atoms with Gasteiger partial charge in [0.05, 0.1) is 26.3 Å². The number of hydrogen-bond acceptors (Lipinski definition) is 4. The topological polar surface area (TPSA) is 17.4 Å². The fourth-order valence-corrected chi connectivity index (χ4v) is 14.7. The van der Waals surface area contributed by atoms with Crippen LogP contribution in [0, 0.1) is 26.3 Å². The second kappa shape index (κ2) is 20.6. The molecular formula is C68H60N4S4. The summed E-state index contributed by atoms with van der Waals surface area (Å²) in [5, 5.41) is 9.38. The van der Waals surface area contributed by atoms with Crippen LogP contribution in [0.4, 0.5) is 22.7 Å². The van der Waals surface area contributed by atoms with Gasteiger partial charge < -0.3 is 0 Å². The molecule has 4 aromatic heterocycles. The summed E-state index contributed by atoms with van der Waals surface area (Å²) in [6.07, 6.45) is 0. The molecule has 0 fully saturated rings. The molecule has 0 bridgehead atoms. The predicted octanol–water partition coefficient (Wildman–Crippen LogP) is 23.6. The Morgan fingerprint density at radius 2 is 0.671 bits per heavy atom. The van der Waals surface area contributed by atoms with Gasteiger partial charge in [0.15, 0.2) is 22.7 Å². The zero-order chi connectivity index (χ0) is 54.5. The van der Waals surface area contributed by atoms with E-state index >= 15 is 0 Å². The number of fused-ring (bicyclic) bond motifs is 12. The van der Waals surface area contributed by atoms with Gasteiger partial charge in [-0.2, -0.15) is 0 Å². The second-order valence-corrected chi connectivity index (χ2v) is 27.5. The van der Waals surface area contributed by atoms with Crippen LogP contribution in [-0.2, 0) is 21.7 Å². The molecule has 0 atom stereocenters. The van der Waals surface area contributed by atoms with Gasteiger partial charge in [-0.3, -0.25) is 0 Å². The van der Waals surface area contributed by atoms with Crippen molar-refractivity contribution < 1.29 is 0 Å². The van der Waals surface area contributed by atoms with Gasteiger partial charge in [0.25, 0.3) is 0 Å². The van der Waals surface area contributed by atoms with E-state index in [-0.39, 0.29) is 21.7 Å². The van der Waals surface area contributed by atoms with Crippen LogP contribution < -0.4 is 0 Å². The Morgan fingerprint density at radius 1 is 0.289 bits per heavy atom. The maximum absolute atomic E-state index is 7.40. The van der Waals surface area contributed by atoms with Crippen LogP contribution in [0.2, 0.25) is 0 Å². The van der Waals surface area contributed by atoms with E-state index in [0.29, 0.717) is 0 Å². The number of hydrogen-bond donors (Lipinski definition) is 0. The molecule has 0 aliphatic heterocycles. The van der Waals surface area contributed by atoms with Crippen molar-refractivity contribution >= 4 is 149 Å². The van der Waals surface area contributed by atoms with Crippen LogP contribution in [0.15, 0.2) is 146 Å². The van der Waals surface area contributed by atoms with Crippen molar-refractivity contribution in [2.24, 2.45) is 0 Å². The molecular weight excluding hydrogens is 1000 g/mol. The highest BCUT2D eigenvalue weighted by atomic mass is 32.1. The van der Waals surface area contributed by atoms with Crippen LogP contribution in [0.1, 0.15) is 105 Å². The van der Waals surface area contributed by atoms with Crippen molar-refractivity contribution in [1.29, 1.82) is 0 Å². The minimum absolute atomic E-state index is 0.0860. The van der Waals surface area contributed by atoms with Gasteiger partial charge in [-0.15, -0.1) is 45.3 Å². The van der Waals surface area contributed by atoms with Crippen LogP contribution >= 0.6 is 45.3 Å². The fourth-order valence-electron chi connectivity index (χ4n) is 9.81.